The van der Waals surface area contributed by atoms with Crippen LogP contribution in [0.15, 0.2) is 48.0 Å². The fourth-order valence-electron chi connectivity index (χ4n) is 2.95. The van der Waals surface area contributed by atoms with E-state index in [-0.39, 0.29) is 11.1 Å². The van der Waals surface area contributed by atoms with Crippen LogP contribution in [0.2, 0.25) is 0 Å². The molecule has 10 heteroatoms. The molecule has 0 aromatic heterocycles. The van der Waals surface area contributed by atoms with E-state index in [9.17, 15) is 30.1 Å². The molecule has 0 saturated heterocycles. The number of nitriles is 1. The summed E-state index contributed by atoms with van der Waals surface area (Å²) in [7, 11) is 0. The first-order valence-corrected chi connectivity index (χ1v) is 10.1. The number of benzene rings is 2. The molecular weight excluding hydrogens is 430 g/mol. The Balaban J connectivity index is 2.37. The highest BCUT2D eigenvalue weighted by Gasteiger charge is 2.24. The van der Waals surface area contributed by atoms with E-state index in [1.807, 2.05) is 0 Å². The molecule has 172 valence electrons. The molecule has 0 fully saturated rings. The number of aromatic hydroxyl groups is 1. The lowest BCUT2D eigenvalue weighted by Gasteiger charge is -2.17. The SMILES string of the molecule is CCN(CC)C(=O)C(C#N)=Cc1cc(OC(=O)OC(C)c2ccccc2)c(O)c([N+](=O)[O-])c1. The zero-order valence-electron chi connectivity index (χ0n) is 18.3. The molecule has 1 unspecified atom stereocenters. The van der Waals surface area contributed by atoms with Gasteiger partial charge in [-0.1, -0.05) is 30.3 Å². The standard InChI is InChI=1S/C23H23N3O7/c1-4-25(5-2)22(28)18(14-24)11-16-12-19(26(30)31)21(27)20(13-16)33-23(29)32-15(3)17-9-7-6-8-10-17/h6-13,15,27H,4-5H2,1-3H3. The Bertz CT molecular complexity index is 1100. The molecule has 0 saturated carbocycles. The van der Waals surface area contributed by atoms with E-state index in [0.29, 0.717) is 18.7 Å². The second kappa shape index (κ2) is 11.3. The predicted molar refractivity (Wildman–Crippen MR) is 118 cm³/mol. The molecule has 33 heavy (non-hydrogen) atoms. The van der Waals surface area contributed by atoms with E-state index < -0.39 is 40.3 Å². The van der Waals surface area contributed by atoms with Gasteiger partial charge in [0.1, 0.15) is 17.7 Å². The summed E-state index contributed by atoms with van der Waals surface area (Å²) in [5.74, 6) is -2.00. The first-order valence-electron chi connectivity index (χ1n) is 10.1. The lowest BCUT2D eigenvalue weighted by molar-refractivity contribution is -0.385. The molecule has 1 atom stereocenters. The second-order valence-corrected chi connectivity index (χ2v) is 6.81. The van der Waals surface area contributed by atoms with Crippen molar-refractivity contribution in [2.24, 2.45) is 0 Å². The van der Waals surface area contributed by atoms with E-state index in [0.717, 1.165) is 18.2 Å². The molecule has 0 radical (unpaired) electrons. The number of nitro groups is 1. The number of nitro benzene ring substituents is 1. The van der Waals surface area contributed by atoms with Gasteiger partial charge in [-0.3, -0.25) is 14.9 Å². The van der Waals surface area contributed by atoms with E-state index in [1.54, 1.807) is 57.2 Å². The van der Waals surface area contributed by atoms with Crippen LogP contribution in [0.25, 0.3) is 6.08 Å². The van der Waals surface area contributed by atoms with Crippen molar-refractivity contribution in [1.29, 1.82) is 5.26 Å². The van der Waals surface area contributed by atoms with Gasteiger partial charge in [0.15, 0.2) is 5.75 Å². The number of ether oxygens (including phenoxy) is 2. The van der Waals surface area contributed by atoms with Crippen molar-refractivity contribution < 1.29 is 29.1 Å². The third-order valence-electron chi connectivity index (χ3n) is 4.72. The number of carbonyl (C=O) groups is 2. The Morgan fingerprint density at radius 1 is 1.24 bits per heavy atom. The maximum absolute atomic E-state index is 12.5. The van der Waals surface area contributed by atoms with Gasteiger partial charge in [0, 0.05) is 19.2 Å². The highest BCUT2D eigenvalue weighted by Crippen LogP contribution is 2.38. The number of amides is 1. The zero-order chi connectivity index (χ0) is 24.5. The summed E-state index contributed by atoms with van der Waals surface area (Å²) >= 11 is 0. The van der Waals surface area contributed by atoms with Crippen LogP contribution in [0.1, 0.15) is 38.0 Å². The molecule has 2 aromatic rings. The summed E-state index contributed by atoms with van der Waals surface area (Å²) in [4.78, 5) is 36.6. The van der Waals surface area contributed by atoms with Crippen molar-refractivity contribution in [1.82, 2.24) is 4.90 Å². The lowest BCUT2D eigenvalue weighted by atomic mass is 10.1. The predicted octanol–water partition coefficient (Wildman–Crippen LogP) is 4.35. The van der Waals surface area contributed by atoms with Crippen LogP contribution in [-0.4, -0.2) is 40.1 Å². The quantitative estimate of drug-likeness (QED) is 0.155. The topological polar surface area (TPSA) is 143 Å². The monoisotopic (exact) mass is 453 g/mol. The molecule has 1 N–H and O–H groups in total. The van der Waals surface area contributed by atoms with Gasteiger partial charge >= 0.3 is 11.8 Å². The van der Waals surface area contributed by atoms with Crippen molar-refractivity contribution in [2.75, 3.05) is 13.1 Å². The lowest BCUT2D eigenvalue weighted by Crippen LogP contribution is -2.31. The second-order valence-electron chi connectivity index (χ2n) is 6.81. The number of hydrogen-bond donors (Lipinski definition) is 1. The van der Waals surface area contributed by atoms with Crippen molar-refractivity contribution in [2.45, 2.75) is 26.9 Å². The molecule has 0 spiro atoms. The largest absolute Gasteiger partial charge is 0.514 e. The van der Waals surface area contributed by atoms with Crippen molar-refractivity contribution in [3.63, 3.8) is 0 Å². The van der Waals surface area contributed by atoms with Gasteiger partial charge < -0.3 is 19.5 Å². The average molecular weight is 453 g/mol. The van der Waals surface area contributed by atoms with E-state index in [2.05, 4.69) is 0 Å². The van der Waals surface area contributed by atoms with Gasteiger partial charge in [0.05, 0.1) is 4.92 Å². The number of rotatable bonds is 8. The maximum Gasteiger partial charge on any atom is 0.514 e. The van der Waals surface area contributed by atoms with Gasteiger partial charge in [0.25, 0.3) is 5.91 Å². The van der Waals surface area contributed by atoms with Gasteiger partial charge in [-0.15, -0.1) is 0 Å². The number of hydrogen-bond acceptors (Lipinski definition) is 8. The highest BCUT2D eigenvalue weighted by molar-refractivity contribution is 6.01. The average Bonchev–Trinajstić information content (AvgIpc) is 2.80. The zero-order valence-corrected chi connectivity index (χ0v) is 18.3. The Morgan fingerprint density at radius 3 is 2.42 bits per heavy atom. The molecule has 0 bridgehead atoms. The van der Waals surface area contributed by atoms with Crippen LogP contribution in [-0.2, 0) is 9.53 Å². The molecular formula is C23H23N3O7. The van der Waals surface area contributed by atoms with Gasteiger partial charge in [-0.25, -0.2) is 4.79 Å². The normalized spacial score (nSPS) is 11.8. The molecule has 2 aromatic carbocycles. The molecule has 0 aliphatic heterocycles. The summed E-state index contributed by atoms with van der Waals surface area (Å²) in [6.45, 7) is 5.83. The van der Waals surface area contributed by atoms with E-state index in [1.165, 1.54) is 4.90 Å². The third-order valence-corrected chi connectivity index (χ3v) is 4.72. The number of phenolic OH excluding ortho intramolecular Hbond substituents is 1. The fraction of sp³-hybridized carbons (Fsp3) is 0.261. The van der Waals surface area contributed by atoms with Crippen LogP contribution in [0, 0.1) is 21.4 Å². The summed E-state index contributed by atoms with van der Waals surface area (Å²) in [5.41, 5.74) is -0.342. The number of nitrogens with zero attached hydrogens (tertiary/aromatic N) is 3. The molecule has 0 aliphatic carbocycles. The fourth-order valence-corrected chi connectivity index (χ4v) is 2.95. The Morgan fingerprint density at radius 2 is 1.88 bits per heavy atom. The summed E-state index contributed by atoms with van der Waals surface area (Å²) in [5, 5.41) is 31.0. The van der Waals surface area contributed by atoms with Crippen LogP contribution in [0.5, 0.6) is 11.5 Å². The maximum atomic E-state index is 12.5. The van der Waals surface area contributed by atoms with Crippen LogP contribution in [0.3, 0.4) is 0 Å². The van der Waals surface area contributed by atoms with Crippen molar-refractivity contribution in [3.8, 4) is 17.6 Å². The summed E-state index contributed by atoms with van der Waals surface area (Å²) in [6.07, 6.45) is -0.759. The first-order chi connectivity index (χ1) is 15.7. The molecule has 10 nitrogen and oxygen atoms in total. The highest BCUT2D eigenvalue weighted by atomic mass is 16.7. The molecule has 1 amide bonds. The van der Waals surface area contributed by atoms with Crippen LogP contribution < -0.4 is 4.74 Å². The number of carbonyl (C=O) groups excluding carboxylic acids is 2. The summed E-state index contributed by atoms with van der Waals surface area (Å²) in [6, 6.07) is 12.6. The van der Waals surface area contributed by atoms with Gasteiger partial charge in [-0.05, 0) is 44.0 Å². The van der Waals surface area contributed by atoms with Crippen LogP contribution in [0.4, 0.5) is 10.5 Å². The minimum atomic E-state index is -1.20. The minimum Gasteiger partial charge on any atom is -0.499 e. The third kappa shape index (κ3) is 6.30. The van der Waals surface area contributed by atoms with Gasteiger partial charge in [0.2, 0.25) is 5.75 Å². The first kappa shape index (κ1) is 24.9. The number of likely N-dealkylation sites (N-methyl/N-ethyl adjacent to an activating group) is 1. The van der Waals surface area contributed by atoms with E-state index in [4.69, 9.17) is 9.47 Å². The van der Waals surface area contributed by atoms with E-state index >= 15 is 0 Å². The smallest absolute Gasteiger partial charge is 0.499 e. The van der Waals surface area contributed by atoms with Gasteiger partial charge in [-0.2, -0.15) is 5.26 Å². The Kier molecular flexibility index (Phi) is 8.51. The van der Waals surface area contributed by atoms with Crippen LogP contribution >= 0.6 is 0 Å². The number of phenols is 1. The summed E-state index contributed by atoms with van der Waals surface area (Å²) < 4.78 is 10.2. The Labute approximate surface area is 190 Å². The molecule has 2 rings (SSSR count). The van der Waals surface area contributed by atoms with Crippen molar-refractivity contribution in [3.05, 3.63) is 69.3 Å². The molecule has 0 aliphatic rings. The molecule has 0 heterocycles. The van der Waals surface area contributed by atoms with Crippen molar-refractivity contribution >= 4 is 23.8 Å². The minimum absolute atomic E-state index is 0.00969. The Hall–Kier alpha value is -4.39.